The maximum Gasteiger partial charge on any atom is 0.257 e. The first kappa shape index (κ1) is 14.7. The molecule has 1 fully saturated rings. The quantitative estimate of drug-likeness (QED) is 0.715. The lowest BCUT2D eigenvalue weighted by atomic mass is 9.86. The third-order valence-electron chi connectivity index (χ3n) is 5.48. The molecule has 3 aromatic rings. The first-order valence-electron chi connectivity index (χ1n) is 8.90. The lowest BCUT2D eigenvalue weighted by Crippen LogP contribution is -2.26. The van der Waals surface area contributed by atoms with Gasteiger partial charge >= 0.3 is 0 Å². The van der Waals surface area contributed by atoms with Crippen LogP contribution < -0.4 is 11.1 Å². The van der Waals surface area contributed by atoms with Gasteiger partial charge in [-0.05, 0) is 49.9 Å². The van der Waals surface area contributed by atoms with E-state index in [-0.39, 0.29) is 5.91 Å². The molecular formula is C20H20N4O. The van der Waals surface area contributed by atoms with E-state index in [9.17, 15) is 4.79 Å². The predicted octanol–water partition coefficient (Wildman–Crippen LogP) is 3.58. The number of benzene rings is 2. The van der Waals surface area contributed by atoms with Crippen molar-refractivity contribution in [2.75, 3.05) is 5.32 Å². The van der Waals surface area contributed by atoms with Crippen LogP contribution in [0.1, 0.15) is 47.8 Å². The van der Waals surface area contributed by atoms with Gasteiger partial charge in [-0.1, -0.05) is 18.2 Å². The predicted molar refractivity (Wildman–Crippen MR) is 98.2 cm³/mol. The van der Waals surface area contributed by atoms with Gasteiger partial charge in [-0.2, -0.15) is 0 Å². The van der Waals surface area contributed by atoms with Crippen molar-refractivity contribution in [3.05, 3.63) is 53.9 Å². The molecule has 2 heterocycles. The summed E-state index contributed by atoms with van der Waals surface area (Å²) in [5, 5.41) is 3.05. The highest BCUT2D eigenvalue weighted by molar-refractivity contribution is 6.14. The summed E-state index contributed by atoms with van der Waals surface area (Å²) in [7, 11) is 0. The summed E-state index contributed by atoms with van der Waals surface area (Å²) in [5.41, 5.74) is 10.4. The number of amides is 1. The van der Waals surface area contributed by atoms with Gasteiger partial charge in [0.1, 0.15) is 5.82 Å². The van der Waals surface area contributed by atoms with Gasteiger partial charge in [0.05, 0.1) is 28.0 Å². The molecular weight excluding hydrogens is 312 g/mol. The van der Waals surface area contributed by atoms with E-state index in [1.165, 1.54) is 0 Å². The van der Waals surface area contributed by atoms with Gasteiger partial charge in [-0.15, -0.1) is 0 Å². The molecule has 25 heavy (non-hydrogen) atoms. The molecule has 0 radical (unpaired) electrons. The topological polar surface area (TPSA) is 72.9 Å². The van der Waals surface area contributed by atoms with Crippen LogP contribution in [0.3, 0.4) is 0 Å². The summed E-state index contributed by atoms with van der Waals surface area (Å²) in [6, 6.07) is 14.0. The van der Waals surface area contributed by atoms with E-state index in [0.29, 0.717) is 17.5 Å². The summed E-state index contributed by atoms with van der Waals surface area (Å²) in [6.07, 6.45) is 4.14. The van der Waals surface area contributed by atoms with Gasteiger partial charge in [0.15, 0.2) is 0 Å². The zero-order valence-electron chi connectivity index (χ0n) is 13.9. The van der Waals surface area contributed by atoms with Crippen molar-refractivity contribution >= 4 is 22.6 Å². The molecule has 1 aliphatic carbocycles. The van der Waals surface area contributed by atoms with E-state index in [0.717, 1.165) is 53.9 Å². The van der Waals surface area contributed by atoms with Crippen LogP contribution in [0.25, 0.3) is 16.7 Å². The molecule has 2 aliphatic rings. The highest BCUT2D eigenvalue weighted by Crippen LogP contribution is 2.39. The minimum absolute atomic E-state index is 0.0751. The molecule has 1 saturated carbocycles. The Kier molecular flexibility index (Phi) is 3.18. The van der Waals surface area contributed by atoms with Gasteiger partial charge in [0.25, 0.3) is 5.91 Å². The van der Waals surface area contributed by atoms with Crippen molar-refractivity contribution in [2.45, 2.75) is 37.6 Å². The van der Waals surface area contributed by atoms with E-state index in [1.807, 2.05) is 36.4 Å². The lowest BCUT2D eigenvalue weighted by Gasteiger charge is -2.26. The lowest BCUT2D eigenvalue weighted by molar-refractivity contribution is 0.102. The Morgan fingerprint density at radius 1 is 1.04 bits per heavy atom. The number of anilines is 1. The minimum Gasteiger partial charge on any atom is -0.328 e. The Morgan fingerprint density at radius 2 is 1.84 bits per heavy atom. The second-order valence-corrected chi connectivity index (χ2v) is 7.06. The molecule has 0 spiro atoms. The second-order valence-electron chi connectivity index (χ2n) is 7.06. The number of nitrogens with one attached hydrogen (secondary N) is 1. The standard InChI is InChI=1S/C20H20N4O/c21-13-10-8-12(9-11-13)19-22-16-6-3-4-14-18(16)24(19)17-7-2-1-5-15(17)23-20(14)25/h1-7,12-13H,8-11,21H2,(H,23,25). The zero-order chi connectivity index (χ0) is 17.0. The Labute approximate surface area is 145 Å². The number of fused-ring (bicyclic) bond motifs is 2. The highest BCUT2D eigenvalue weighted by Gasteiger charge is 2.30. The van der Waals surface area contributed by atoms with Crippen molar-refractivity contribution in [1.82, 2.24) is 9.55 Å². The van der Waals surface area contributed by atoms with Crippen LogP contribution in [0, 0.1) is 0 Å². The number of nitrogens with two attached hydrogens (primary N) is 1. The maximum absolute atomic E-state index is 12.7. The normalized spacial score (nSPS) is 22.4. The van der Waals surface area contributed by atoms with Crippen molar-refractivity contribution in [2.24, 2.45) is 5.73 Å². The molecule has 1 aliphatic heterocycles. The van der Waals surface area contributed by atoms with Crippen LogP contribution in [-0.2, 0) is 0 Å². The second kappa shape index (κ2) is 5.43. The molecule has 0 bridgehead atoms. The monoisotopic (exact) mass is 332 g/mol. The number of nitrogens with zero attached hydrogens (tertiary/aromatic N) is 2. The van der Waals surface area contributed by atoms with Crippen LogP contribution in [0.15, 0.2) is 42.5 Å². The molecule has 5 rings (SSSR count). The van der Waals surface area contributed by atoms with Gasteiger partial charge in [-0.25, -0.2) is 4.98 Å². The van der Waals surface area contributed by atoms with Gasteiger partial charge in [-0.3, -0.25) is 9.36 Å². The van der Waals surface area contributed by atoms with Gasteiger partial charge < -0.3 is 11.1 Å². The Balaban J connectivity index is 1.80. The van der Waals surface area contributed by atoms with Crippen molar-refractivity contribution in [3.63, 3.8) is 0 Å². The third kappa shape index (κ3) is 2.19. The number of aromatic nitrogens is 2. The number of imidazole rings is 1. The average molecular weight is 332 g/mol. The first-order valence-corrected chi connectivity index (χ1v) is 8.90. The Hall–Kier alpha value is -2.66. The summed E-state index contributed by atoms with van der Waals surface area (Å²) in [5.74, 6) is 1.36. The largest absolute Gasteiger partial charge is 0.328 e. The van der Waals surface area contributed by atoms with E-state index >= 15 is 0 Å². The van der Waals surface area contributed by atoms with Crippen molar-refractivity contribution < 1.29 is 4.79 Å². The third-order valence-corrected chi connectivity index (χ3v) is 5.48. The van der Waals surface area contributed by atoms with Gasteiger partial charge in [0.2, 0.25) is 0 Å². The summed E-state index contributed by atoms with van der Waals surface area (Å²) in [6.45, 7) is 0. The number of hydrogen-bond donors (Lipinski definition) is 2. The SMILES string of the molecule is NC1CCC(c2nc3cccc4c3n2-c2ccccc2NC4=O)CC1. The summed E-state index contributed by atoms with van der Waals surface area (Å²) < 4.78 is 2.19. The Bertz CT molecular complexity index is 983. The van der Waals surface area contributed by atoms with E-state index < -0.39 is 0 Å². The fraction of sp³-hybridized carbons (Fsp3) is 0.300. The van der Waals surface area contributed by atoms with Crippen LogP contribution >= 0.6 is 0 Å². The van der Waals surface area contributed by atoms with E-state index in [4.69, 9.17) is 10.7 Å². The van der Waals surface area contributed by atoms with Crippen molar-refractivity contribution in [1.29, 1.82) is 0 Å². The summed E-state index contributed by atoms with van der Waals surface area (Å²) in [4.78, 5) is 17.7. The molecule has 5 nitrogen and oxygen atoms in total. The molecule has 0 saturated heterocycles. The van der Waals surface area contributed by atoms with Gasteiger partial charge in [0, 0.05) is 12.0 Å². The van der Waals surface area contributed by atoms with Crippen molar-refractivity contribution in [3.8, 4) is 5.69 Å². The fourth-order valence-electron chi connectivity index (χ4n) is 4.19. The smallest absolute Gasteiger partial charge is 0.257 e. The van der Waals surface area contributed by atoms with Crippen LogP contribution in [0.2, 0.25) is 0 Å². The fourth-order valence-corrected chi connectivity index (χ4v) is 4.19. The van der Waals surface area contributed by atoms with Crippen LogP contribution in [0.5, 0.6) is 0 Å². The number of para-hydroxylation sites is 3. The number of rotatable bonds is 1. The Morgan fingerprint density at radius 3 is 2.68 bits per heavy atom. The molecule has 1 aromatic heterocycles. The molecule has 1 amide bonds. The average Bonchev–Trinajstić information content (AvgIpc) is 2.96. The molecule has 126 valence electrons. The van der Waals surface area contributed by atoms with E-state index in [2.05, 4.69) is 16.0 Å². The molecule has 3 N–H and O–H groups in total. The number of carbonyl (C=O) groups excluding carboxylic acids is 1. The highest BCUT2D eigenvalue weighted by atomic mass is 16.1. The molecule has 0 atom stereocenters. The molecule has 2 aromatic carbocycles. The summed E-state index contributed by atoms with van der Waals surface area (Å²) >= 11 is 0. The van der Waals surface area contributed by atoms with E-state index in [1.54, 1.807) is 0 Å². The molecule has 5 heteroatoms. The first-order chi connectivity index (χ1) is 12.2. The molecule has 0 unspecified atom stereocenters. The number of hydrogen-bond acceptors (Lipinski definition) is 3. The minimum atomic E-state index is -0.0751. The van der Waals surface area contributed by atoms with Crippen LogP contribution in [-0.4, -0.2) is 21.5 Å². The number of carbonyl (C=O) groups is 1. The zero-order valence-corrected chi connectivity index (χ0v) is 13.9. The van der Waals surface area contributed by atoms with Crippen LogP contribution in [0.4, 0.5) is 5.69 Å². The maximum atomic E-state index is 12.7.